The number of amides is 1. The molecule has 1 aliphatic rings. The summed E-state index contributed by atoms with van der Waals surface area (Å²) >= 11 is 1.17. The molecule has 5 heteroatoms. The third-order valence-corrected chi connectivity index (χ3v) is 3.22. The summed E-state index contributed by atoms with van der Waals surface area (Å²) in [6.45, 7) is 1.79. The Kier molecular flexibility index (Phi) is 2.77. The topological polar surface area (TPSA) is 54.9 Å². The highest BCUT2D eigenvalue weighted by atomic mass is 32.1. The number of aromatic nitrogens is 2. The van der Waals surface area contributed by atoms with E-state index in [0.29, 0.717) is 16.9 Å². The third kappa shape index (κ3) is 2.09. The minimum atomic E-state index is -0.0671. The van der Waals surface area contributed by atoms with Crippen LogP contribution in [-0.4, -0.2) is 21.3 Å². The fourth-order valence-corrected chi connectivity index (χ4v) is 2.28. The van der Waals surface area contributed by atoms with Crippen molar-refractivity contribution in [2.75, 3.05) is 0 Å². The molecule has 1 heterocycles. The molecule has 1 N–H and O–H groups in total. The van der Waals surface area contributed by atoms with Crippen LogP contribution < -0.4 is 5.32 Å². The molecular formula is C9H13N3OS. The fraction of sp³-hybridized carbons (Fsp3) is 0.667. The van der Waals surface area contributed by atoms with Gasteiger partial charge in [0.05, 0.1) is 0 Å². The Morgan fingerprint density at radius 2 is 2.21 bits per heavy atom. The summed E-state index contributed by atoms with van der Waals surface area (Å²) in [5.74, 6) is 0.606. The van der Waals surface area contributed by atoms with Crippen molar-refractivity contribution >= 4 is 17.4 Å². The first-order valence-electron chi connectivity index (χ1n) is 4.87. The first-order valence-corrected chi connectivity index (χ1v) is 5.64. The molecule has 0 aliphatic heterocycles. The van der Waals surface area contributed by atoms with Gasteiger partial charge in [0.25, 0.3) is 5.91 Å². The molecular weight excluding hydrogens is 198 g/mol. The molecule has 14 heavy (non-hydrogen) atoms. The summed E-state index contributed by atoms with van der Waals surface area (Å²) in [7, 11) is 0. The van der Waals surface area contributed by atoms with Crippen molar-refractivity contribution in [2.45, 2.75) is 38.6 Å². The minimum absolute atomic E-state index is 0.0671. The van der Waals surface area contributed by atoms with Crippen LogP contribution in [0.5, 0.6) is 0 Å². The smallest absolute Gasteiger partial charge is 0.282 e. The van der Waals surface area contributed by atoms with Gasteiger partial charge in [0.1, 0.15) is 5.82 Å². The SMILES string of the molecule is Cc1nsc(C(=O)NC2CCCC2)n1. The Bertz CT molecular complexity index is 331. The monoisotopic (exact) mass is 211 g/mol. The lowest BCUT2D eigenvalue weighted by atomic mass is 10.2. The summed E-state index contributed by atoms with van der Waals surface area (Å²) in [6.07, 6.45) is 4.65. The highest BCUT2D eigenvalue weighted by molar-refractivity contribution is 7.07. The van der Waals surface area contributed by atoms with Crippen molar-refractivity contribution in [2.24, 2.45) is 0 Å². The summed E-state index contributed by atoms with van der Waals surface area (Å²) < 4.78 is 3.98. The van der Waals surface area contributed by atoms with E-state index in [1.807, 2.05) is 0 Å². The van der Waals surface area contributed by atoms with E-state index in [4.69, 9.17) is 0 Å². The lowest BCUT2D eigenvalue weighted by molar-refractivity contribution is 0.0937. The van der Waals surface area contributed by atoms with E-state index in [0.717, 1.165) is 12.8 Å². The van der Waals surface area contributed by atoms with Gasteiger partial charge in [-0.15, -0.1) is 0 Å². The number of nitrogens with zero attached hydrogens (tertiary/aromatic N) is 2. The fourth-order valence-electron chi connectivity index (χ4n) is 1.71. The maximum absolute atomic E-state index is 11.6. The van der Waals surface area contributed by atoms with Gasteiger partial charge in [-0.3, -0.25) is 4.79 Å². The zero-order chi connectivity index (χ0) is 9.97. The highest BCUT2D eigenvalue weighted by Crippen LogP contribution is 2.18. The number of carbonyl (C=O) groups is 1. The maximum Gasteiger partial charge on any atom is 0.282 e. The number of aryl methyl sites for hydroxylation is 1. The van der Waals surface area contributed by atoms with E-state index in [9.17, 15) is 4.79 Å². The summed E-state index contributed by atoms with van der Waals surface area (Å²) in [5, 5.41) is 3.46. The van der Waals surface area contributed by atoms with Crippen LogP contribution in [0, 0.1) is 6.92 Å². The van der Waals surface area contributed by atoms with Crippen molar-refractivity contribution in [3.05, 3.63) is 10.8 Å². The second-order valence-electron chi connectivity index (χ2n) is 3.60. The second-order valence-corrected chi connectivity index (χ2v) is 4.35. The van der Waals surface area contributed by atoms with Crippen LogP contribution in [0.3, 0.4) is 0 Å². The van der Waals surface area contributed by atoms with Gasteiger partial charge in [-0.25, -0.2) is 4.98 Å². The molecule has 0 aromatic carbocycles. The Morgan fingerprint density at radius 3 is 2.79 bits per heavy atom. The normalized spacial score (nSPS) is 17.2. The van der Waals surface area contributed by atoms with Crippen LogP contribution in [0.1, 0.15) is 41.3 Å². The molecule has 1 amide bonds. The molecule has 0 saturated heterocycles. The molecule has 0 bridgehead atoms. The lowest BCUT2D eigenvalue weighted by Gasteiger charge is -2.09. The first kappa shape index (κ1) is 9.58. The molecule has 1 aromatic heterocycles. The number of hydrogen-bond acceptors (Lipinski definition) is 4. The number of rotatable bonds is 2. The number of nitrogens with one attached hydrogen (secondary N) is 1. The van der Waals surface area contributed by atoms with Crippen molar-refractivity contribution in [1.82, 2.24) is 14.7 Å². The average Bonchev–Trinajstić information content (AvgIpc) is 2.75. The molecule has 76 valence electrons. The molecule has 0 atom stereocenters. The minimum Gasteiger partial charge on any atom is -0.347 e. The van der Waals surface area contributed by atoms with E-state index in [1.165, 1.54) is 24.4 Å². The molecule has 4 nitrogen and oxygen atoms in total. The lowest BCUT2D eigenvalue weighted by Crippen LogP contribution is -2.32. The molecule has 2 rings (SSSR count). The van der Waals surface area contributed by atoms with Crippen molar-refractivity contribution in [3.8, 4) is 0 Å². The van der Waals surface area contributed by atoms with Crippen molar-refractivity contribution in [1.29, 1.82) is 0 Å². The Hall–Kier alpha value is -0.970. The van der Waals surface area contributed by atoms with E-state index in [1.54, 1.807) is 6.92 Å². The van der Waals surface area contributed by atoms with Crippen molar-refractivity contribution < 1.29 is 4.79 Å². The first-order chi connectivity index (χ1) is 6.75. The number of carbonyl (C=O) groups excluding carboxylic acids is 1. The summed E-state index contributed by atoms with van der Waals surface area (Å²) in [6, 6.07) is 0.353. The molecule has 1 aliphatic carbocycles. The van der Waals surface area contributed by atoms with Gasteiger partial charge >= 0.3 is 0 Å². The Labute approximate surface area is 86.9 Å². The Balaban J connectivity index is 1.95. The average molecular weight is 211 g/mol. The number of hydrogen-bond donors (Lipinski definition) is 1. The van der Waals surface area contributed by atoms with E-state index in [-0.39, 0.29) is 5.91 Å². The zero-order valence-electron chi connectivity index (χ0n) is 8.12. The molecule has 0 radical (unpaired) electrons. The standard InChI is InChI=1S/C9H13N3OS/c1-6-10-9(14-12-6)8(13)11-7-4-2-3-5-7/h7H,2-5H2,1H3,(H,11,13). The summed E-state index contributed by atoms with van der Waals surface area (Å²) in [4.78, 5) is 15.7. The predicted octanol–water partition coefficient (Wildman–Crippen LogP) is 1.52. The maximum atomic E-state index is 11.6. The van der Waals surface area contributed by atoms with Crippen LogP contribution in [0.2, 0.25) is 0 Å². The van der Waals surface area contributed by atoms with Crippen LogP contribution in [0.15, 0.2) is 0 Å². The third-order valence-electron chi connectivity index (χ3n) is 2.41. The second kappa shape index (κ2) is 4.04. The zero-order valence-corrected chi connectivity index (χ0v) is 8.93. The molecule has 1 fully saturated rings. The Morgan fingerprint density at radius 1 is 1.50 bits per heavy atom. The van der Waals surface area contributed by atoms with Gasteiger partial charge in [-0.1, -0.05) is 12.8 Å². The van der Waals surface area contributed by atoms with E-state index in [2.05, 4.69) is 14.7 Å². The van der Waals surface area contributed by atoms with Crippen LogP contribution >= 0.6 is 11.5 Å². The molecule has 0 unspecified atom stereocenters. The van der Waals surface area contributed by atoms with Crippen LogP contribution in [-0.2, 0) is 0 Å². The van der Waals surface area contributed by atoms with Crippen LogP contribution in [0.4, 0.5) is 0 Å². The van der Waals surface area contributed by atoms with Gasteiger partial charge in [-0.05, 0) is 31.3 Å². The van der Waals surface area contributed by atoms with E-state index < -0.39 is 0 Å². The van der Waals surface area contributed by atoms with Gasteiger partial charge in [0.15, 0.2) is 0 Å². The van der Waals surface area contributed by atoms with Gasteiger partial charge < -0.3 is 5.32 Å². The summed E-state index contributed by atoms with van der Waals surface area (Å²) in [5.41, 5.74) is 0. The van der Waals surface area contributed by atoms with Gasteiger partial charge in [-0.2, -0.15) is 4.37 Å². The molecule has 0 spiro atoms. The van der Waals surface area contributed by atoms with Crippen molar-refractivity contribution in [3.63, 3.8) is 0 Å². The largest absolute Gasteiger partial charge is 0.347 e. The predicted molar refractivity (Wildman–Crippen MR) is 54.4 cm³/mol. The highest BCUT2D eigenvalue weighted by Gasteiger charge is 2.19. The van der Waals surface area contributed by atoms with Crippen LogP contribution in [0.25, 0.3) is 0 Å². The van der Waals surface area contributed by atoms with Gasteiger partial charge in [0, 0.05) is 6.04 Å². The molecule has 1 saturated carbocycles. The molecule has 1 aromatic rings. The van der Waals surface area contributed by atoms with E-state index >= 15 is 0 Å². The quantitative estimate of drug-likeness (QED) is 0.807. The van der Waals surface area contributed by atoms with Gasteiger partial charge in [0.2, 0.25) is 5.01 Å².